The van der Waals surface area contributed by atoms with Gasteiger partial charge in [0.05, 0.1) is 12.8 Å². The molecule has 2 heterocycles. The van der Waals surface area contributed by atoms with Gasteiger partial charge in [0, 0.05) is 19.6 Å². The minimum atomic E-state index is -0.356. The van der Waals surface area contributed by atoms with E-state index in [9.17, 15) is 4.79 Å². The first-order chi connectivity index (χ1) is 6.74. The molecule has 0 saturated heterocycles. The number of esters is 1. The van der Waals surface area contributed by atoms with Crippen LogP contribution in [-0.2, 0) is 17.8 Å². The van der Waals surface area contributed by atoms with E-state index in [1.807, 2.05) is 6.92 Å². The summed E-state index contributed by atoms with van der Waals surface area (Å²) in [6, 6.07) is 0. The lowest BCUT2D eigenvalue weighted by Crippen LogP contribution is -2.29. The van der Waals surface area contributed by atoms with Gasteiger partial charge in [0.2, 0.25) is 0 Å². The molecule has 5 heteroatoms. The Labute approximate surface area is 82.1 Å². The van der Waals surface area contributed by atoms with E-state index in [0.717, 1.165) is 24.6 Å². The first-order valence-corrected chi connectivity index (χ1v) is 4.59. The van der Waals surface area contributed by atoms with Crippen molar-refractivity contribution in [2.45, 2.75) is 20.0 Å². The van der Waals surface area contributed by atoms with E-state index in [1.165, 1.54) is 7.11 Å². The fourth-order valence-corrected chi connectivity index (χ4v) is 1.74. The van der Waals surface area contributed by atoms with Crippen molar-refractivity contribution in [3.63, 3.8) is 0 Å². The van der Waals surface area contributed by atoms with Crippen LogP contribution in [0, 0.1) is 6.92 Å². The van der Waals surface area contributed by atoms with E-state index in [4.69, 9.17) is 0 Å². The molecule has 0 saturated carbocycles. The number of rotatable bonds is 1. The largest absolute Gasteiger partial charge is 0.464 e. The highest BCUT2D eigenvalue weighted by molar-refractivity contribution is 5.88. The highest BCUT2D eigenvalue weighted by Gasteiger charge is 2.22. The number of carbonyl (C=O) groups excluding carboxylic acids is 1. The van der Waals surface area contributed by atoms with Gasteiger partial charge in [-0.25, -0.2) is 9.78 Å². The van der Waals surface area contributed by atoms with Gasteiger partial charge < -0.3 is 14.6 Å². The van der Waals surface area contributed by atoms with Crippen LogP contribution in [0.1, 0.15) is 22.0 Å². The third kappa shape index (κ3) is 1.29. The second-order valence-corrected chi connectivity index (χ2v) is 3.27. The number of hydrogen-bond acceptors (Lipinski definition) is 4. The van der Waals surface area contributed by atoms with Crippen LogP contribution in [0.3, 0.4) is 0 Å². The molecule has 1 aliphatic heterocycles. The van der Waals surface area contributed by atoms with Crippen LogP contribution in [0.4, 0.5) is 0 Å². The van der Waals surface area contributed by atoms with E-state index >= 15 is 0 Å². The average molecular weight is 195 g/mol. The Morgan fingerprint density at radius 1 is 1.64 bits per heavy atom. The molecule has 0 bridgehead atoms. The number of imidazole rings is 1. The number of hydrogen-bond donors (Lipinski definition) is 1. The van der Waals surface area contributed by atoms with Crippen LogP contribution in [-0.4, -0.2) is 29.2 Å². The van der Waals surface area contributed by atoms with Crippen molar-refractivity contribution in [3.8, 4) is 0 Å². The molecule has 0 aromatic carbocycles. The third-order valence-corrected chi connectivity index (χ3v) is 2.45. The Balaban J connectivity index is 2.46. The van der Waals surface area contributed by atoms with E-state index in [0.29, 0.717) is 12.2 Å². The summed E-state index contributed by atoms with van der Waals surface area (Å²) in [6.07, 6.45) is 0. The Bertz CT molecular complexity index is 370. The molecular formula is C9H13N3O2. The van der Waals surface area contributed by atoms with Crippen molar-refractivity contribution in [3.05, 3.63) is 17.2 Å². The lowest BCUT2D eigenvalue weighted by Gasteiger charge is -2.17. The maximum absolute atomic E-state index is 11.4. The lowest BCUT2D eigenvalue weighted by atomic mass is 10.3. The number of aryl methyl sites for hydroxylation is 1. The van der Waals surface area contributed by atoms with Crippen LogP contribution in [0.5, 0.6) is 0 Å². The first kappa shape index (κ1) is 9.21. The Hall–Kier alpha value is -1.36. The summed E-state index contributed by atoms with van der Waals surface area (Å²) in [5, 5.41) is 3.21. The maximum atomic E-state index is 11.4. The van der Waals surface area contributed by atoms with Crippen molar-refractivity contribution in [1.82, 2.24) is 14.9 Å². The van der Waals surface area contributed by atoms with Gasteiger partial charge in [0.1, 0.15) is 5.82 Å². The number of aromatic nitrogens is 2. The SMILES string of the molecule is COC(=O)c1nc(C)n2c1CNCC2. The summed E-state index contributed by atoms with van der Waals surface area (Å²) >= 11 is 0. The summed E-state index contributed by atoms with van der Waals surface area (Å²) in [6.45, 7) is 4.38. The number of methoxy groups -OCH3 is 1. The molecule has 0 radical (unpaired) electrons. The van der Waals surface area contributed by atoms with E-state index < -0.39 is 0 Å². The second kappa shape index (κ2) is 3.42. The number of nitrogens with one attached hydrogen (secondary N) is 1. The van der Waals surface area contributed by atoms with Crippen molar-refractivity contribution < 1.29 is 9.53 Å². The molecule has 2 rings (SSSR count). The van der Waals surface area contributed by atoms with Crippen LogP contribution >= 0.6 is 0 Å². The normalized spacial score (nSPS) is 15.0. The number of fused-ring (bicyclic) bond motifs is 1. The molecule has 1 aromatic rings. The zero-order chi connectivity index (χ0) is 10.1. The molecule has 0 amide bonds. The molecule has 76 valence electrons. The highest BCUT2D eigenvalue weighted by Crippen LogP contribution is 2.14. The van der Waals surface area contributed by atoms with Gasteiger partial charge in [-0.15, -0.1) is 0 Å². The molecule has 14 heavy (non-hydrogen) atoms. The van der Waals surface area contributed by atoms with Gasteiger partial charge in [0.15, 0.2) is 5.69 Å². The van der Waals surface area contributed by atoms with E-state index in [1.54, 1.807) is 0 Å². The molecule has 1 N–H and O–H groups in total. The zero-order valence-electron chi connectivity index (χ0n) is 8.33. The lowest BCUT2D eigenvalue weighted by molar-refractivity contribution is 0.0592. The van der Waals surface area contributed by atoms with E-state index in [2.05, 4.69) is 19.6 Å². The minimum Gasteiger partial charge on any atom is -0.464 e. The zero-order valence-corrected chi connectivity index (χ0v) is 8.33. The molecular weight excluding hydrogens is 182 g/mol. The highest BCUT2D eigenvalue weighted by atomic mass is 16.5. The second-order valence-electron chi connectivity index (χ2n) is 3.27. The average Bonchev–Trinajstić information content (AvgIpc) is 2.56. The van der Waals surface area contributed by atoms with Gasteiger partial charge in [-0.3, -0.25) is 0 Å². The predicted octanol–water partition coefficient (Wildman–Crippen LogP) is 0.0813. The fraction of sp³-hybridized carbons (Fsp3) is 0.556. The molecule has 0 spiro atoms. The van der Waals surface area contributed by atoms with Crippen LogP contribution in [0.2, 0.25) is 0 Å². The van der Waals surface area contributed by atoms with Gasteiger partial charge in [-0.05, 0) is 6.92 Å². The summed E-state index contributed by atoms with van der Waals surface area (Å²) < 4.78 is 6.73. The first-order valence-electron chi connectivity index (χ1n) is 4.59. The standard InChI is InChI=1S/C9H13N3O2/c1-6-11-8(9(13)14-2)7-5-10-3-4-12(6)7/h10H,3-5H2,1-2H3. The summed E-state index contributed by atoms with van der Waals surface area (Å²) in [5.74, 6) is 0.521. The van der Waals surface area contributed by atoms with Crippen LogP contribution in [0.25, 0.3) is 0 Å². The van der Waals surface area contributed by atoms with Gasteiger partial charge >= 0.3 is 5.97 Å². The number of ether oxygens (including phenoxy) is 1. The van der Waals surface area contributed by atoms with E-state index in [-0.39, 0.29) is 5.97 Å². The van der Waals surface area contributed by atoms with Crippen molar-refractivity contribution in [2.75, 3.05) is 13.7 Å². The quantitative estimate of drug-likeness (QED) is 0.645. The van der Waals surface area contributed by atoms with Crippen molar-refractivity contribution in [2.24, 2.45) is 0 Å². The number of nitrogens with zero attached hydrogens (tertiary/aromatic N) is 2. The van der Waals surface area contributed by atoms with Gasteiger partial charge in [0.25, 0.3) is 0 Å². The van der Waals surface area contributed by atoms with Crippen LogP contribution in [0.15, 0.2) is 0 Å². The Morgan fingerprint density at radius 3 is 3.14 bits per heavy atom. The van der Waals surface area contributed by atoms with Gasteiger partial charge in [-0.2, -0.15) is 0 Å². The molecule has 5 nitrogen and oxygen atoms in total. The molecule has 0 aliphatic carbocycles. The smallest absolute Gasteiger partial charge is 0.358 e. The summed E-state index contributed by atoms with van der Waals surface area (Å²) in [4.78, 5) is 15.6. The monoisotopic (exact) mass is 195 g/mol. The molecule has 1 aromatic heterocycles. The molecule has 0 fully saturated rings. The molecule has 1 aliphatic rings. The topological polar surface area (TPSA) is 56.1 Å². The van der Waals surface area contributed by atoms with Gasteiger partial charge in [-0.1, -0.05) is 0 Å². The summed E-state index contributed by atoms with van der Waals surface area (Å²) in [7, 11) is 1.37. The van der Waals surface area contributed by atoms with Crippen LogP contribution < -0.4 is 5.32 Å². The summed E-state index contributed by atoms with van der Waals surface area (Å²) in [5.41, 5.74) is 1.37. The third-order valence-electron chi connectivity index (χ3n) is 2.45. The van der Waals surface area contributed by atoms with Crippen molar-refractivity contribution in [1.29, 1.82) is 0 Å². The Kier molecular flexibility index (Phi) is 2.25. The molecule has 0 atom stereocenters. The minimum absolute atomic E-state index is 0.356. The predicted molar refractivity (Wildman–Crippen MR) is 50.0 cm³/mol. The molecule has 0 unspecified atom stereocenters. The Morgan fingerprint density at radius 2 is 2.43 bits per heavy atom. The number of carbonyl (C=O) groups is 1. The maximum Gasteiger partial charge on any atom is 0.358 e. The van der Waals surface area contributed by atoms with Crippen molar-refractivity contribution >= 4 is 5.97 Å². The fourth-order valence-electron chi connectivity index (χ4n) is 1.74.